The Morgan fingerprint density at radius 1 is 1.62 bits per heavy atom. The summed E-state index contributed by atoms with van der Waals surface area (Å²) < 4.78 is 0. The van der Waals surface area contributed by atoms with Crippen LogP contribution in [0.5, 0.6) is 0 Å². The first-order chi connectivity index (χ1) is 6.11. The molecule has 76 valence electrons. The Balaban J connectivity index is 2.56. The van der Waals surface area contributed by atoms with E-state index in [2.05, 4.69) is 0 Å². The van der Waals surface area contributed by atoms with Crippen molar-refractivity contribution in [1.82, 2.24) is 4.90 Å². The zero-order valence-corrected chi connectivity index (χ0v) is 8.13. The Morgan fingerprint density at radius 2 is 2.31 bits per heavy atom. The van der Waals surface area contributed by atoms with Crippen LogP contribution in [0.3, 0.4) is 0 Å². The highest BCUT2D eigenvalue weighted by Crippen LogP contribution is 2.20. The third kappa shape index (κ3) is 2.56. The summed E-state index contributed by atoms with van der Waals surface area (Å²) in [5.74, 6) is -0.255. The predicted octanol–water partition coefficient (Wildman–Crippen LogP) is -0.429. The second kappa shape index (κ2) is 4.26. The fraction of sp³-hybridized carbons (Fsp3) is 0.875. The van der Waals surface area contributed by atoms with Crippen LogP contribution >= 0.6 is 11.6 Å². The molecule has 0 spiro atoms. The van der Waals surface area contributed by atoms with Gasteiger partial charge in [-0.2, -0.15) is 0 Å². The topological polar surface area (TPSA) is 60.8 Å². The maximum Gasteiger partial charge on any atom is 0.237 e. The number of alkyl halides is 1. The summed E-state index contributed by atoms with van der Waals surface area (Å²) in [5.41, 5.74) is -1.13. The van der Waals surface area contributed by atoms with Crippen LogP contribution in [0, 0.1) is 0 Å². The van der Waals surface area contributed by atoms with Crippen LogP contribution in [0.15, 0.2) is 0 Å². The number of hydrogen-bond acceptors (Lipinski definition) is 3. The maximum absolute atomic E-state index is 11.2. The number of carbonyl (C=O) groups excluding carboxylic acids is 1. The molecule has 1 atom stereocenters. The fourth-order valence-electron chi connectivity index (χ4n) is 1.54. The van der Waals surface area contributed by atoms with E-state index in [4.69, 9.17) is 16.7 Å². The molecule has 2 N–H and O–H groups in total. The summed E-state index contributed by atoms with van der Waals surface area (Å²) in [6.45, 7) is 0.502. The highest BCUT2D eigenvalue weighted by molar-refractivity contribution is 6.27. The van der Waals surface area contributed by atoms with E-state index in [1.807, 2.05) is 0 Å². The van der Waals surface area contributed by atoms with Crippen LogP contribution in [0.25, 0.3) is 0 Å². The van der Waals surface area contributed by atoms with Gasteiger partial charge in [-0.1, -0.05) is 0 Å². The molecular formula is C8H14ClNO3. The van der Waals surface area contributed by atoms with E-state index in [1.165, 1.54) is 4.90 Å². The van der Waals surface area contributed by atoms with Crippen molar-refractivity contribution in [2.24, 2.45) is 0 Å². The molecule has 1 aliphatic rings. The lowest BCUT2D eigenvalue weighted by Gasteiger charge is -2.37. The lowest BCUT2D eigenvalue weighted by atomic mass is 9.94. The van der Waals surface area contributed by atoms with E-state index in [0.29, 0.717) is 19.4 Å². The average Bonchev–Trinajstić information content (AvgIpc) is 2.17. The SMILES string of the molecule is O=C(CCl)N1CCCC(O)(CO)C1. The number of rotatable bonds is 2. The molecular weight excluding hydrogens is 194 g/mol. The van der Waals surface area contributed by atoms with Gasteiger partial charge in [0, 0.05) is 6.54 Å². The third-order valence-corrected chi connectivity index (χ3v) is 2.55. The van der Waals surface area contributed by atoms with E-state index in [9.17, 15) is 9.90 Å². The molecule has 0 aromatic rings. The van der Waals surface area contributed by atoms with Gasteiger partial charge in [0.15, 0.2) is 0 Å². The summed E-state index contributed by atoms with van der Waals surface area (Å²) in [4.78, 5) is 12.7. The van der Waals surface area contributed by atoms with Crippen molar-refractivity contribution in [3.63, 3.8) is 0 Å². The van der Waals surface area contributed by atoms with Gasteiger partial charge in [-0.05, 0) is 12.8 Å². The van der Waals surface area contributed by atoms with E-state index in [0.717, 1.165) is 0 Å². The number of β-amino-alcohol motifs (C(OH)–C–C–N with tert-alkyl or cyclic N) is 1. The Morgan fingerprint density at radius 3 is 2.85 bits per heavy atom. The molecule has 4 nitrogen and oxygen atoms in total. The molecule has 1 rings (SSSR count). The second-order valence-electron chi connectivity index (χ2n) is 3.43. The molecule has 1 heterocycles. The fourth-order valence-corrected chi connectivity index (χ4v) is 1.71. The highest BCUT2D eigenvalue weighted by Gasteiger charge is 2.34. The number of carbonyl (C=O) groups is 1. The third-order valence-electron chi connectivity index (χ3n) is 2.32. The van der Waals surface area contributed by atoms with Crippen LogP contribution in [-0.2, 0) is 4.79 Å². The summed E-state index contributed by atoms with van der Waals surface area (Å²) in [6.07, 6.45) is 1.25. The van der Waals surface area contributed by atoms with E-state index < -0.39 is 5.60 Å². The molecule has 0 radical (unpaired) electrons. The van der Waals surface area contributed by atoms with E-state index in [1.54, 1.807) is 0 Å². The first kappa shape index (κ1) is 10.8. The predicted molar refractivity (Wildman–Crippen MR) is 48.6 cm³/mol. The number of likely N-dealkylation sites (tertiary alicyclic amines) is 1. The van der Waals surface area contributed by atoms with Gasteiger partial charge >= 0.3 is 0 Å². The molecule has 0 aromatic heterocycles. The highest BCUT2D eigenvalue weighted by atomic mass is 35.5. The molecule has 0 aromatic carbocycles. The summed E-state index contributed by atoms with van der Waals surface area (Å²) >= 11 is 5.39. The molecule has 13 heavy (non-hydrogen) atoms. The molecule has 0 bridgehead atoms. The minimum absolute atomic E-state index is 0.0679. The number of hydrogen-bond donors (Lipinski definition) is 2. The van der Waals surface area contributed by atoms with Crippen molar-refractivity contribution in [1.29, 1.82) is 0 Å². The zero-order valence-electron chi connectivity index (χ0n) is 7.37. The van der Waals surface area contributed by atoms with Crippen LogP contribution in [0.2, 0.25) is 0 Å². The number of amides is 1. The second-order valence-corrected chi connectivity index (χ2v) is 3.70. The number of aliphatic hydroxyl groups is 2. The lowest BCUT2D eigenvalue weighted by molar-refractivity contribution is -0.137. The van der Waals surface area contributed by atoms with Gasteiger partial charge in [0.2, 0.25) is 5.91 Å². The Labute approximate surface area is 82.1 Å². The number of nitrogens with zero attached hydrogens (tertiary/aromatic N) is 1. The smallest absolute Gasteiger partial charge is 0.237 e. The maximum atomic E-state index is 11.2. The van der Waals surface area contributed by atoms with Gasteiger partial charge in [0.05, 0.1) is 13.2 Å². The molecule has 5 heteroatoms. The molecule has 1 unspecified atom stereocenters. The van der Waals surface area contributed by atoms with Gasteiger partial charge in [-0.15, -0.1) is 11.6 Å². The summed E-state index contributed by atoms with van der Waals surface area (Å²) in [7, 11) is 0. The molecule has 0 saturated carbocycles. The van der Waals surface area contributed by atoms with Gasteiger partial charge in [0.1, 0.15) is 11.5 Å². The van der Waals surface area contributed by atoms with E-state index in [-0.39, 0.29) is 24.9 Å². The Kier molecular flexibility index (Phi) is 3.53. The van der Waals surface area contributed by atoms with Crippen molar-refractivity contribution in [2.75, 3.05) is 25.6 Å². The van der Waals surface area contributed by atoms with Crippen molar-refractivity contribution in [3.8, 4) is 0 Å². The first-order valence-corrected chi connectivity index (χ1v) is 4.82. The molecule has 1 amide bonds. The Bertz CT molecular complexity index is 200. The first-order valence-electron chi connectivity index (χ1n) is 4.28. The van der Waals surface area contributed by atoms with Gasteiger partial charge in [0.25, 0.3) is 0 Å². The largest absolute Gasteiger partial charge is 0.393 e. The van der Waals surface area contributed by atoms with Crippen LogP contribution < -0.4 is 0 Å². The zero-order chi connectivity index (χ0) is 9.90. The van der Waals surface area contributed by atoms with Crippen LogP contribution in [0.4, 0.5) is 0 Å². The summed E-state index contributed by atoms with van der Waals surface area (Å²) in [5, 5.41) is 18.6. The van der Waals surface area contributed by atoms with Crippen LogP contribution in [-0.4, -0.2) is 52.2 Å². The quantitative estimate of drug-likeness (QED) is 0.605. The molecule has 1 fully saturated rings. The van der Waals surface area contributed by atoms with Crippen molar-refractivity contribution < 1.29 is 15.0 Å². The minimum Gasteiger partial charge on any atom is -0.393 e. The van der Waals surface area contributed by atoms with Crippen molar-refractivity contribution in [2.45, 2.75) is 18.4 Å². The average molecular weight is 208 g/mol. The number of piperidine rings is 1. The lowest BCUT2D eigenvalue weighted by Crippen LogP contribution is -2.52. The number of aliphatic hydroxyl groups excluding tert-OH is 1. The molecule has 1 saturated heterocycles. The van der Waals surface area contributed by atoms with Crippen molar-refractivity contribution in [3.05, 3.63) is 0 Å². The normalized spacial score (nSPS) is 29.0. The number of halogens is 1. The van der Waals surface area contributed by atoms with Crippen LogP contribution in [0.1, 0.15) is 12.8 Å². The summed E-state index contributed by atoms with van der Waals surface area (Å²) in [6, 6.07) is 0. The van der Waals surface area contributed by atoms with Gasteiger partial charge in [-0.3, -0.25) is 4.79 Å². The van der Waals surface area contributed by atoms with Crippen molar-refractivity contribution >= 4 is 17.5 Å². The van der Waals surface area contributed by atoms with Gasteiger partial charge in [-0.25, -0.2) is 0 Å². The molecule has 1 aliphatic heterocycles. The Hall–Kier alpha value is -0.320. The van der Waals surface area contributed by atoms with E-state index >= 15 is 0 Å². The molecule has 0 aliphatic carbocycles. The standard InChI is InChI=1S/C8H14ClNO3/c9-4-7(12)10-3-1-2-8(13,5-10)6-11/h11,13H,1-6H2. The minimum atomic E-state index is -1.13. The van der Waals surface area contributed by atoms with Gasteiger partial charge < -0.3 is 15.1 Å². The monoisotopic (exact) mass is 207 g/mol.